The van der Waals surface area contributed by atoms with Gasteiger partial charge in [-0.3, -0.25) is 4.79 Å². The van der Waals surface area contributed by atoms with E-state index in [1.54, 1.807) is 0 Å². The van der Waals surface area contributed by atoms with Gasteiger partial charge in [-0.2, -0.15) is 0 Å². The topological polar surface area (TPSA) is 35.5 Å². The van der Waals surface area contributed by atoms with Gasteiger partial charge in [0.05, 0.1) is 0 Å². The highest BCUT2D eigenvalue weighted by molar-refractivity contribution is 5.87. The maximum absolute atomic E-state index is 12.5. The second-order valence-corrected chi connectivity index (χ2v) is 4.95. The standard InChI is InChI=1S/C16H22O3/c1-2-19-16(10-12-18-13-11-16)15(17)9-8-14-6-4-3-5-7-14/h3-7H,2,8-13H2,1H3. The average Bonchev–Trinajstić information content (AvgIpc) is 2.47. The first-order valence-corrected chi connectivity index (χ1v) is 7.06. The van der Waals surface area contributed by atoms with Crippen molar-refractivity contribution in [1.82, 2.24) is 0 Å². The lowest BCUT2D eigenvalue weighted by Gasteiger charge is -2.35. The highest BCUT2D eigenvalue weighted by atomic mass is 16.5. The van der Waals surface area contributed by atoms with Crippen LogP contribution in [-0.2, 0) is 20.7 Å². The van der Waals surface area contributed by atoms with Gasteiger partial charge in [-0.15, -0.1) is 0 Å². The van der Waals surface area contributed by atoms with E-state index in [1.165, 1.54) is 5.56 Å². The van der Waals surface area contributed by atoms with E-state index in [2.05, 4.69) is 12.1 Å². The summed E-state index contributed by atoms with van der Waals surface area (Å²) in [4.78, 5) is 12.5. The summed E-state index contributed by atoms with van der Waals surface area (Å²) in [6.07, 6.45) is 2.71. The van der Waals surface area contributed by atoms with Crippen molar-refractivity contribution >= 4 is 5.78 Å². The van der Waals surface area contributed by atoms with Gasteiger partial charge in [0, 0.05) is 39.1 Å². The number of ketones is 1. The number of aryl methyl sites for hydroxylation is 1. The molecule has 0 aromatic heterocycles. The lowest BCUT2D eigenvalue weighted by molar-refractivity contribution is -0.157. The molecule has 3 nitrogen and oxygen atoms in total. The molecule has 2 rings (SSSR count). The van der Waals surface area contributed by atoms with Gasteiger partial charge in [0.1, 0.15) is 5.60 Å². The van der Waals surface area contributed by atoms with Crippen molar-refractivity contribution in [3.05, 3.63) is 35.9 Å². The zero-order chi connectivity index (χ0) is 13.6. The van der Waals surface area contributed by atoms with E-state index >= 15 is 0 Å². The Morgan fingerprint density at radius 3 is 2.58 bits per heavy atom. The number of Topliss-reactive ketones (excluding diaryl/α,β-unsaturated/α-hetero) is 1. The number of rotatable bonds is 6. The van der Waals surface area contributed by atoms with Crippen molar-refractivity contribution in [2.45, 2.75) is 38.2 Å². The third-order valence-corrected chi connectivity index (χ3v) is 3.71. The second kappa shape index (κ2) is 6.83. The molecule has 1 aromatic carbocycles. The number of benzene rings is 1. The molecule has 1 aliphatic heterocycles. The molecule has 1 aromatic rings. The molecule has 3 heteroatoms. The van der Waals surface area contributed by atoms with E-state index in [4.69, 9.17) is 9.47 Å². The number of hydrogen-bond donors (Lipinski definition) is 0. The molecule has 1 heterocycles. The zero-order valence-electron chi connectivity index (χ0n) is 11.6. The molecule has 1 aliphatic rings. The van der Waals surface area contributed by atoms with E-state index < -0.39 is 5.60 Å². The molecular weight excluding hydrogens is 240 g/mol. The average molecular weight is 262 g/mol. The van der Waals surface area contributed by atoms with Gasteiger partial charge >= 0.3 is 0 Å². The van der Waals surface area contributed by atoms with Crippen LogP contribution in [0, 0.1) is 0 Å². The lowest BCUT2D eigenvalue weighted by Crippen LogP contribution is -2.46. The highest BCUT2D eigenvalue weighted by Gasteiger charge is 2.39. The van der Waals surface area contributed by atoms with E-state index in [1.807, 2.05) is 25.1 Å². The smallest absolute Gasteiger partial charge is 0.165 e. The van der Waals surface area contributed by atoms with Crippen LogP contribution in [0.4, 0.5) is 0 Å². The summed E-state index contributed by atoms with van der Waals surface area (Å²) in [5.74, 6) is 0.224. The predicted molar refractivity (Wildman–Crippen MR) is 74.2 cm³/mol. The van der Waals surface area contributed by atoms with Crippen LogP contribution in [0.2, 0.25) is 0 Å². The van der Waals surface area contributed by atoms with Gasteiger partial charge in [-0.1, -0.05) is 30.3 Å². The molecular formula is C16H22O3. The van der Waals surface area contributed by atoms with E-state index in [0.717, 1.165) is 6.42 Å². The highest BCUT2D eigenvalue weighted by Crippen LogP contribution is 2.28. The molecule has 0 aliphatic carbocycles. The van der Waals surface area contributed by atoms with Crippen molar-refractivity contribution in [3.8, 4) is 0 Å². The monoisotopic (exact) mass is 262 g/mol. The number of carbonyl (C=O) groups is 1. The van der Waals surface area contributed by atoms with E-state index in [9.17, 15) is 4.79 Å². The number of hydrogen-bond acceptors (Lipinski definition) is 3. The van der Waals surface area contributed by atoms with Gasteiger partial charge < -0.3 is 9.47 Å². The molecule has 0 unspecified atom stereocenters. The van der Waals surface area contributed by atoms with Gasteiger partial charge in [-0.25, -0.2) is 0 Å². The molecule has 0 atom stereocenters. The maximum Gasteiger partial charge on any atom is 0.165 e. The van der Waals surface area contributed by atoms with Crippen LogP contribution in [-0.4, -0.2) is 31.2 Å². The first-order chi connectivity index (χ1) is 9.27. The summed E-state index contributed by atoms with van der Waals surface area (Å²) >= 11 is 0. The zero-order valence-corrected chi connectivity index (χ0v) is 11.6. The third kappa shape index (κ3) is 3.64. The molecule has 104 valence electrons. The molecule has 0 saturated carbocycles. The Labute approximate surface area is 114 Å². The molecule has 0 bridgehead atoms. The van der Waals surface area contributed by atoms with Crippen molar-refractivity contribution in [1.29, 1.82) is 0 Å². The third-order valence-electron chi connectivity index (χ3n) is 3.71. The van der Waals surface area contributed by atoms with Crippen LogP contribution in [0.15, 0.2) is 30.3 Å². The maximum atomic E-state index is 12.5. The largest absolute Gasteiger partial charge is 0.381 e. The fourth-order valence-electron chi connectivity index (χ4n) is 2.61. The van der Waals surface area contributed by atoms with E-state index in [0.29, 0.717) is 39.1 Å². The Hall–Kier alpha value is -1.19. The van der Waals surface area contributed by atoms with Gasteiger partial charge in [0.2, 0.25) is 0 Å². The molecule has 0 amide bonds. The minimum atomic E-state index is -0.595. The summed E-state index contributed by atoms with van der Waals surface area (Å²) in [6.45, 7) is 3.77. The van der Waals surface area contributed by atoms with Crippen LogP contribution in [0.3, 0.4) is 0 Å². The fourth-order valence-corrected chi connectivity index (χ4v) is 2.61. The Bertz CT molecular complexity index is 388. The summed E-state index contributed by atoms with van der Waals surface area (Å²) in [5.41, 5.74) is 0.608. The minimum Gasteiger partial charge on any atom is -0.381 e. The number of carbonyl (C=O) groups excluding carboxylic acids is 1. The minimum absolute atomic E-state index is 0.224. The Kier molecular flexibility index (Phi) is 5.11. The lowest BCUT2D eigenvalue weighted by atomic mass is 9.86. The van der Waals surface area contributed by atoms with Crippen LogP contribution in [0.1, 0.15) is 31.7 Å². The Balaban J connectivity index is 1.96. The van der Waals surface area contributed by atoms with Crippen molar-refractivity contribution in [2.24, 2.45) is 0 Å². The van der Waals surface area contributed by atoms with Crippen LogP contribution in [0.25, 0.3) is 0 Å². The summed E-state index contributed by atoms with van der Waals surface area (Å²) in [7, 11) is 0. The van der Waals surface area contributed by atoms with Crippen LogP contribution in [0.5, 0.6) is 0 Å². The molecule has 0 spiro atoms. The predicted octanol–water partition coefficient (Wildman–Crippen LogP) is 2.77. The normalized spacial score (nSPS) is 18.2. The Morgan fingerprint density at radius 1 is 1.26 bits per heavy atom. The molecule has 0 N–H and O–H groups in total. The molecule has 1 saturated heterocycles. The van der Waals surface area contributed by atoms with Crippen molar-refractivity contribution < 1.29 is 14.3 Å². The van der Waals surface area contributed by atoms with Crippen LogP contribution < -0.4 is 0 Å². The van der Waals surface area contributed by atoms with Gasteiger partial charge in [0.25, 0.3) is 0 Å². The SMILES string of the molecule is CCOC1(C(=O)CCc2ccccc2)CCOCC1. The fraction of sp³-hybridized carbons (Fsp3) is 0.562. The van der Waals surface area contributed by atoms with Gasteiger partial charge in [-0.05, 0) is 18.9 Å². The van der Waals surface area contributed by atoms with E-state index in [-0.39, 0.29) is 5.78 Å². The molecule has 1 fully saturated rings. The van der Waals surface area contributed by atoms with Gasteiger partial charge in [0.15, 0.2) is 5.78 Å². The summed E-state index contributed by atoms with van der Waals surface area (Å²) < 4.78 is 11.1. The van der Waals surface area contributed by atoms with Crippen molar-refractivity contribution in [3.63, 3.8) is 0 Å². The molecule has 0 radical (unpaired) electrons. The Morgan fingerprint density at radius 2 is 1.95 bits per heavy atom. The van der Waals surface area contributed by atoms with Crippen molar-refractivity contribution in [2.75, 3.05) is 19.8 Å². The summed E-state index contributed by atoms with van der Waals surface area (Å²) in [6, 6.07) is 10.1. The molecule has 19 heavy (non-hydrogen) atoms. The first-order valence-electron chi connectivity index (χ1n) is 7.06. The first kappa shape index (κ1) is 14.2. The van der Waals surface area contributed by atoms with Crippen LogP contribution >= 0.6 is 0 Å². The quantitative estimate of drug-likeness (QED) is 0.791. The number of ether oxygens (including phenoxy) is 2. The second-order valence-electron chi connectivity index (χ2n) is 4.95. The summed E-state index contributed by atoms with van der Waals surface area (Å²) in [5, 5.41) is 0.